The number of hydrogen-bond donors (Lipinski definition) is 2. The Labute approximate surface area is 125 Å². The molecule has 0 radical (unpaired) electrons. The third-order valence-electron chi connectivity index (χ3n) is 2.53. The first-order valence-electron chi connectivity index (χ1n) is 6.17. The molecule has 0 saturated carbocycles. The molecule has 7 heteroatoms. The van der Waals surface area contributed by atoms with E-state index < -0.39 is 11.2 Å². The highest BCUT2D eigenvalue weighted by Crippen LogP contribution is 2.22. The van der Waals surface area contributed by atoms with E-state index in [1.807, 2.05) is 36.4 Å². The molecule has 1 saturated heterocycles. The lowest BCUT2D eigenvalue weighted by atomic mass is 10.2. The second kappa shape index (κ2) is 7.39. The van der Waals surface area contributed by atoms with Crippen LogP contribution >= 0.6 is 11.8 Å². The van der Waals surface area contributed by atoms with Crippen LogP contribution in [0.15, 0.2) is 46.6 Å². The van der Waals surface area contributed by atoms with Crippen molar-refractivity contribution in [3.63, 3.8) is 0 Å². The summed E-state index contributed by atoms with van der Waals surface area (Å²) in [6.45, 7) is 0. The van der Waals surface area contributed by atoms with Crippen LogP contribution in [-0.4, -0.2) is 33.6 Å². The predicted molar refractivity (Wildman–Crippen MR) is 83.2 cm³/mol. The van der Waals surface area contributed by atoms with Crippen molar-refractivity contribution in [2.75, 3.05) is 0 Å². The molecule has 1 aromatic carbocycles. The SMILES string of the molecule is O=C(O)CC1S/C(=N/N=C/C=C/c2ccccc2)NC1=O. The topological polar surface area (TPSA) is 91.1 Å². The van der Waals surface area contributed by atoms with E-state index in [1.54, 1.807) is 6.08 Å². The largest absolute Gasteiger partial charge is 0.481 e. The first-order chi connectivity index (χ1) is 10.1. The Hall–Kier alpha value is -2.41. The van der Waals surface area contributed by atoms with Crippen LogP contribution in [-0.2, 0) is 9.59 Å². The van der Waals surface area contributed by atoms with Gasteiger partial charge in [-0.2, -0.15) is 5.10 Å². The molecule has 1 fully saturated rings. The van der Waals surface area contributed by atoms with Crippen LogP contribution in [0.2, 0.25) is 0 Å². The summed E-state index contributed by atoms with van der Waals surface area (Å²) in [6.07, 6.45) is 4.87. The Morgan fingerprint density at radius 1 is 1.38 bits per heavy atom. The van der Waals surface area contributed by atoms with Gasteiger partial charge >= 0.3 is 5.97 Å². The van der Waals surface area contributed by atoms with Gasteiger partial charge in [0.2, 0.25) is 5.91 Å². The van der Waals surface area contributed by atoms with Gasteiger partial charge < -0.3 is 10.4 Å². The molecule has 108 valence electrons. The van der Waals surface area contributed by atoms with E-state index >= 15 is 0 Å². The van der Waals surface area contributed by atoms with Gasteiger partial charge in [0, 0.05) is 6.21 Å². The lowest BCUT2D eigenvalue weighted by molar-refractivity contribution is -0.138. The summed E-state index contributed by atoms with van der Waals surface area (Å²) < 4.78 is 0. The van der Waals surface area contributed by atoms with Crippen molar-refractivity contribution in [3.05, 3.63) is 42.0 Å². The molecule has 1 aromatic rings. The van der Waals surface area contributed by atoms with Crippen LogP contribution in [0.3, 0.4) is 0 Å². The van der Waals surface area contributed by atoms with Gasteiger partial charge in [0.15, 0.2) is 5.17 Å². The highest BCUT2D eigenvalue weighted by atomic mass is 32.2. The van der Waals surface area contributed by atoms with Crippen molar-refractivity contribution in [3.8, 4) is 0 Å². The zero-order chi connectivity index (χ0) is 15.1. The normalized spacial score (nSPS) is 20.5. The highest BCUT2D eigenvalue weighted by Gasteiger charge is 2.32. The van der Waals surface area contributed by atoms with Crippen LogP contribution in [0.25, 0.3) is 6.08 Å². The highest BCUT2D eigenvalue weighted by molar-refractivity contribution is 8.15. The number of carboxylic acids is 1. The molecule has 1 aliphatic rings. The van der Waals surface area contributed by atoms with E-state index in [-0.39, 0.29) is 12.3 Å². The molecule has 1 atom stereocenters. The zero-order valence-electron chi connectivity index (χ0n) is 11.0. The molecular weight excluding hydrogens is 290 g/mol. The molecule has 1 heterocycles. The predicted octanol–water partition coefficient (Wildman–Crippen LogP) is 1.75. The number of carbonyl (C=O) groups excluding carboxylic acids is 1. The van der Waals surface area contributed by atoms with Gasteiger partial charge in [-0.15, -0.1) is 5.10 Å². The summed E-state index contributed by atoms with van der Waals surface area (Å²) >= 11 is 1.07. The Morgan fingerprint density at radius 3 is 2.86 bits per heavy atom. The molecule has 6 nitrogen and oxygen atoms in total. The number of amides is 1. The molecule has 1 aliphatic heterocycles. The van der Waals surface area contributed by atoms with E-state index in [1.165, 1.54) is 6.21 Å². The van der Waals surface area contributed by atoms with E-state index in [2.05, 4.69) is 15.5 Å². The van der Waals surface area contributed by atoms with Gasteiger partial charge in [0.1, 0.15) is 5.25 Å². The van der Waals surface area contributed by atoms with Crippen LogP contribution in [0.5, 0.6) is 0 Å². The number of allylic oxidation sites excluding steroid dienone is 1. The monoisotopic (exact) mass is 303 g/mol. The second-order valence-corrected chi connectivity index (χ2v) is 5.32. The average Bonchev–Trinajstić information content (AvgIpc) is 2.79. The van der Waals surface area contributed by atoms with E-state index in [0.717, 1.165) is 17.3 Å². The van der Waals surface area contributed by atoms with Crippen molar-refractivity contribution < 1.29 is 14.7 Å². The fraction of sp³-hybridized carbons (Fsp3) is 0.143. The van der Waals surface area contributed by atoms with Gasteiger partial charge in [-0.3, -0.25) is 9.59 Å². The summed E-state index contributed by atoms with van der Waals surface area (Å²) in [5, 5.41) is 18.5. The Bertz CT molecular complexity index is 611. The van der Waals surface area contributed by atoms with Crippen molar-refractivity contribution in [2.24, 2.45) is 10.2 Å². The Balaban J connectivity index is 1.87. The lowest BCUT2D eigenvalue weighted by Crippen LogP contribution is -2.26. The van der Waals surface area contributed by atoms with Crippen LogP contribution < -0.4 is 5.32 Å². The van der Waals surface area contributed by atoms with E-state index in [0.29, 0.717) is 5.17 Å². The number of rotatable bonds is 5. The number of carbonyl (C=O) groups is 2. The fourth-order valence-electron chi connectivity index (χ4n) is 1.59. The minimum atomic E-state index is -1.02. The molecule has 1 amide bonds. The molecule has 21 heavy (non-hydrogen) atoms. The summed E-state index contributed by atoms with van der Waals surface area (Å²) in [6, 6.07) is 9.72. The van der Waals surface area contributed by atoms with E-state index in [9.17, 15) is 9.59 Å². The second-order valence-electron chi connectivity index (χ2n) is 4.13. The third kappa shape index (κ3) is 4.88. The molecule has 0 spiro atoms. The first-order valence-corrected chi connectivity index (χ1v) is 7.05. The zero-order valence-corrected chi connectivity index (χ0v) is 11.8. The van der Waals surface area contributed by atoms with Crippen molar-refractivity contribution in [1.82, 2.24) is 5.32 Å². The minimum absolute atomic E-state index is 0.229. The Morgan fingerprint density at radius 2 is 2.14 bits per heavy atom. The minimum Gasteiger partial charge on any atom is -0.481 e. The maximum Gasteiger partial charge on any atom is 0.305 e. The van der Waals surface area contributed by atoms with Crippen LogP contribution in [0.1, 0.15) is 12.0 Å². The van der Waals surface area contributed by atoms with Gasteiger partial charge in [-0.05, 0) is 11.6 Å². The molecule has 0 aliphatic carbocycles. The van der Waals surface area contributed by atoms with E-state index in [4.69, 9.17) is 5.11 Å². The number of hydrogen-bond acceptors (Lipinski definition) is 5. The summed E-state index contributed by atoms with van der Waals surface area (Å²) in [5.41, 5.74) is 1.04. The van der Waals surface area contributed by atoms with Gasteiger partial charge in [-0.1, -0.05) is 48.2 Å². The number of benzene rings is 1. The number of amidine groups is 1. The molecule has 1 unspecified atom stereocenters. The van der Waals surface area contributed by atoms with Crippen molar-refractivity contribution in [1.29, 1.82) is 0 Å². The standard InChI is InChI=1S/C14H13N3O3S/c18-12(19)9-11-13(20)16-14(21-11)17-15-8-4-7-10-5-2-1-3-6-10/h1-8,11H,9H2,(H,18,19)(H,16,17,20)/b7-4+,15-8+. The maximum absolute atomic E-state index is 11.5. The fourth-order valence-corrected chi connectivity index (χ4v) is 2.50. The number of thioether (sulfide) groups is 1. The molecule has 0 aromatic heterocycles. The Kier molecular flexibility index (Phi) is 5.28. The van der Waals surface area contributed by atoms with Crippen molar-refractivity contribution in [2.45, 2.75) is 11.7 Å². The summed E-state index contributed by atoms with van der Waals surface area (Å²) in [7, 11) is 0. The number of nitrogens with zero attached hydrogens (tertiary/aromatic N) is 2. The molecule has 0 bridgehead atoms. The van der Waals surface area contributed by atoms with Crippen molar-refractivity contribution >= 4 is 41.1 Å². The smallest absolute Gasteiger partial charge is 0.305 e. The van der Waals surface area contributed by atoms with Gasteiger partial charge in [0.25, 0.3) is 0 Å². The third-order valence-corrected chi connectivity index (χ3v) is 3.60. The van der Waals surface area contributed by atoms with Crippen LogP contribution in [0, 0.1) is 0 Å². The number of carboxylic acid groups (broad SMARTS) is 1. The molecule has 2 N–H and O–H groups in total. The van der Waals surface area contributed by atoms with Gasteiger partial charge in [0.05, 0.1) is 6.42 Å². The average molecular weight is 303 g/mol. The first kappa shape index (κ1) is 15.0. The lowest BCUT2D eigenvalue weighted by Gasteiger charge is -1.97. The van der Waals surface area contributed by atoms with Crippen LogP contribution in [0.4, 0.5) is 0 Å². The summed E-state index contributed by atoms with van der Waals surface area (Å²) in [4.78, 5) is 22.0. The molecular formula is C14H13N3O3S. The molecule has 2 rings (SSSR count). The maximum atomic E-state index is 11.5. The number of aliphatic carboxylic acids is 1. The number of nitrogens with one attached hydrogen (secondary N) is 1. The quantitative estimate of drug-likeness (QED) is 0.640. The summed E-state index contributed by atoms with van der Waals surface area (Å²) in [5.74, 6) is -1.37. The van der Waals surface area contributed by atoms with Gasteiger partial charge in [-0.25, -0.2) is 0 Å².